The first kappa shape index (κ1) is 16.9. The van der Waals surface area contributed by atoms with Gasteiger partial charge in [-0.1, -0.05) is 48.5 Å². The number of hydrogen-bond donors (Lipinski definition) is 0. The van der Waals surface area contributed by atoms with E-state index in [1.54, 1.807) is 30.3 Å². The fraction of sp³-hybridized carbons (Fsp3) is 0.111. The minimum absolute atomic E-state index is 0.162. The van der Waals surface area contributed by atoms with Gasteiger partial charge in [0.2, 0.25) is 0 Å². The summed E-state index contributed by atoms with van der Waals surface area (Å²) >= 11 is 0. The summed E-state index contributed by atoms with van der Waals surface area (Å²) in [6, 6.07) is 17.4. The van der Waals surface area contributed by atoms with Crippen molar-refractivity contribution in [1.29, 1.82) is 0 Å². The van der Waals surface area contributed by atoms with Crippen molar-refractivity contribution in [3.8, 4) is 5.69 Å². The smallest absolute Gasteiger partial charge is 0.294 e. The Morgan fingerprint density at radius 1 is 0.880 bits per heavy atom. The van der Waals surface area contributed by atoms with Crippen molar-refractivity contribution in [1.82, 2.24) is 9.13 Å². The first-order valence-electron chi connectivity index (χ1n) is 7.54. The Bertz CT molecular complexity index is 1120. The van der Waals surface area contributed by atoms with Crippen LogP contribution < -0.4 is 11.2 Å². The number of rotatable bonds is 4. The molecular weight excluding hydrogens is 340 g/mol. The molecule has 0 radical (unpaired) electrons. The van der Waals surface area contributed by atoms with Crippen LogP contribution in [0.1, 0.15) is 5.56 Å². The van der Waals surface area contributed by atoms with E-state index in [0.717, 1.165) is 22.6 Å². The topological polar surface area (TPSA) is 78.1 Å². The lowest BCUT2D eigenvalue weighted by Crippen LogP contribution is -2.41. The molecule has 0 aliphatic heterocycles. The van der Waals surface area contributed by atoms with Gasteiger partial charge in [0.1, 0.15) is 4.90 Å². The Hall–Kier alpha value is -2.93. The average molecular weight is 356 g/mol. The number of nitrogens with zero attached hydrogens (tertiary/aromatic N) is 2. The SMILES string of the molecule is CS(=O)(=O)c1cn(Cc2ccccc2)c(=O)n(-c2ccccc2)c1=O. The Balaban J connectivity index is 2.30. The number of hydrogen-bond acceptors (Lipinski definition) is 4. The van der Waals surface area contributed by atoms with Gasteiger partial charge in [-0.05, 0) is 17.7 Å². The average Bonchev–Trinajstić information content (AvgIpc) is 2.58. The van der Waals surface area contributed by atoms with Gasteiger partial charge in [0, 0.05) is 12.5 Å². The van der Waals surface area contributed by atoms with Gasteiger partial charge >= 0.3 is 5.69 Å². The molecule has 0 amide bonds. The fourth-order valence-corrected chi connectivity index (χ4v) is 3.26. The second kappa shape index (κ2) is 6.52. The first-order chi connectivity index (χ1) is 11.9. The van der Waals surface area contributed by atoms with Crippen molar-refractivity contribution < 1.29 is 8.42 Å². The molecule has 1 aromatic heterocycles. The number of para-hydroxylation sites is 1. The highest BCUT2D eigenvalue weighted by atomic mass is 32.2. The van der Waals surface area contributed by atoms with Crippen LogP contribution in [0.2, 0.25) is 0 Å². The Kier molecular flexibility index (Phi) is 4.41. The van der Waals surface area contributed by atoms with Crippen LogP contribution in [0, 0.1) is 0 Å². The molecule has 0 saturated carbocycles. The van der Waals surface area contributed by atoms with E-state index in [-0.39, 0.29) is 6.54 Å². The predicted molar refractivity (Wildman–Crippen MR) is 95.0 cm³/mol. The summed E-state index contributed by atoms with van der Waals surface area (Å²) in [6.07, 6.45) is 2.07. The largest absolute Gasteiger partial charge is 0.336 e. The van der Waals surface area contributed by atoms with Crippen molar-refractivity contribution in [3.63, 3.8) is 0 Å². The van der Waals surface area contributed by atoms with Gasteiger partial charge in [0.15, 0.2) is 9.84 Å². The maximum Gasteiger partial charge on any atom is 0.336 e. The van der Waals surface area contributed by atoms with Gasteiger partial charge in [-0.25, -0.2) is 17.8 Å². The molecule has 0 N–H and O–H groups in total. The van der Waals surface area contributed by atoms with Crippen molar-refractivity contribution in [2.75, 3.05) is 6.26 Å². The summed E-state index contributed by atoms with van der Waals surface area (Å²) in [7, 11) is -3.79. The van der Waals surface area contributed by atoms with Crippen LogP contribution >= 0.6 is 0 Å². The van der Waals surface area contributed by atoms with Crippen LogP contribution in [-0.2, 0) is 16.4 Å². The number of sulfone groups is 1. The zero-order valence-corrected chi connectivity index (χ0v) is 14.3. The summed E-state index contributed by atoms with van der Waals surface area (Å²) in [4.78, 5) is 25.0. The number of aromatic nitrogens is 2. The monoisotopic (exact) mass is 356 g/mol. The molecule has 25 heavy (non-hydrogen) atoms. The minimum atomic E-state index is -3.79. The Labute approximate surface area is 144 Å². The van der Waals surface area contributed by atoms with Gasteiger partial charge in [-0.3, -0.25) is 9.36 Å². The zero-order chi connectivity index (χ0) is 18.0. The van der Waals surface area contributed by atoms with Crippen LogP contribution in [0.25, 0.3) is 5.69 Å². The molecule has 0 spiro atoms. The van der Waals surface area contributed by atoms with Crippen LogP contribution in [0.5, 0.6) is 0 Å². The molecule has 128 valence electrons. The van der Waals surface area contributed by atoms with E-state index in [9.17, 15) is 18.0 Å². The molecular formula is C18H16N2O4S. The summed E-state index contributed by atoms with van der Waals surface area (Å²) in [5.41, 5.74) is -0.289. The molecule has 6 nitrogen and oxygen atoms in total. The second-order valence-electron chi connectivity index (χ2n) is 5.64. The van der Waals surface area contributed by atoms with E-state index in [1.165, 1.54) is 4.57 Å². The summed E-state index contributed by atoms with van der Waals surface area (Å²) < 4.78 is 26.2. The van der Waals surface area contributed by atoms with E-state index in [1.807, 2.05) is 30.3 Å². The standard InChI is InChI=1S/C18H16N2O4S/c1-25(23,24)16-13-19(12-14-8-4-2-5-9-14)18(22)20(17(16)21)15-10-6-3-7-11-15/h2-11,13H,12H2,1H3. The lowest BCUT2D eigenvalue weighted by atomic mass is 10.2. The van der Waals surface area contributed by atoms with Crippen LogP contribution in [-0.4, -0.2) is 23.8 Å². The second-order valence-corrected chi connectivity index (χ2v) is 7.62. The Morgan fingerprint density at radius 2 is 1.44 bits per heavy atom. The lowest BCUT2D eigenvalue weighted by molar-refractivity contribution is 0.591. The van der Waals surface area contributed by atoms with Crippen molar-refractivity contribution in [2.24, 2.45) is 0 Å². The molecule has 0 atom stereocenters. The summed E-state index contributed by atoms with van der Waals surface area (Å²) in [5.74, 6) is 0. The third kappa shape index (κ3) is 3.46. The Morgan fingerprint density at radius 3 is 2.00 bits per heavy atom. The highest BCUT2D eigenvalue weighted by molar-refractivity contribution is 7.90. The molecule has 7 heteroatoms. The highest BCUT2D eigenvalue weighted by Crippen LogP contribution is 2.07. The fourth-order valence-electron chi connectivity index (χ4n) is 2.53. The van der Waals surface area contributed by atoms with Gasteiger partial charge in [0.25, 0.3) is 5.56 Å². The maximum absolute atomic E-state index is 12.8. The van der Waals surface area contributed by atoms with Gasteiger partial charge < -0.3 is 0 Å². The first-order valence-corrected chi connectivity index (χ1v) is 9.43. The van der Waals surface area contributed by atoms with E-state index in [2.05, 4.69) is 0 Å². The van der Waals surface area contributed by atoms with E-state index in [4.69, 9.17) is 0 Å². The van der Waals surface area contributed by atoms with Gasteiger partial charge in [-0.2, -0.15) is 0 Å². The molecule has 1 heterocycles. The molecule has 0 aliphatic rings. The van der Waals surface area contributed by atoms with Gasteiger partial charge in [-0.15, -0.1) is 0 Å². The van der Waals surface area contributed by atoms with E-state index < -0.39 is 26.0 Å². The van der Waals surface area contributed by atoms with Gasteiger partial charge in [0.05, 0.1) is 12.2 Å². The van der Waals surface area contributed by atoms with Crippen LogP contribution in [0.15, 0.2) is 81.3 Å². The molecule has 0 fully saturated rings. The third-order valence-electron chi connectivity index (χ3n) is 3.73. The summed E-state index contributed by atoms with van der Waals surface area (Å²) in [5, 5.41) is 0. The maximum atomic E-state index is 12.8. The molecule has 0 saturated heterocycles. The van der Waals surface area contributed by atoms with Crippen molar-refractivity contribution in [2.45, 2.75) is 11.4 Å². The number of benzene rings is 2. The lowest BCUT2D eigenvalue weighted by Gasteiger charge is -2.12. The molecule has 2 aromatic carbocycles. The molecule has 0 aliphatic carbocycles. The van der Waals surface area contributed by atoms with E-state index in [0.29, 0.717) is 5.69 Å². The molecule has 3 rings (SSSR count). The van der Waals surface area contributed by atoms with E-state index >= 15 is 0 Å². The zero-order valence-electron chi connectivity index (χ0n) is 13.5. The highest BCUT2D eigenvalue weighted by Gasteiger charge is 2.20. The summed E-state index contributed by atoms with van der Waals surface area (Å²) in [6.45, 7) is 0.162. The van der Waals surface area contributed by atoms with Crippen LogP contribution in [0.4, 0.5) is 0 Å². The molecule has 0 unspecified atom stereocenters. The predicted octanol–water partition coefficient (Wildman–Crippen LogP) is 1.45. The molecule has 3 aromatic rings. The van der Waals surface area contributed by atoms with Crippen molar-refractivity contribution >= 4 is 9.84 Å². The van der Waals surface area contributed by atoms with Crippen LogP contribution in [0.3, 0.4) is 0 Å². The minimum Gasteiger partial charge on any atom is -0.294 e. The molecule has 0 bridgehead atoms. The quantitative estimate of drug-likeness (QED) is 0.709. The third-order valence-corrected chi connectivity index (χ3v) is 4.81. The van der Waals surface area contributed by atoms with Crippen molar-refractivity contribution in [3.05, 3.63) is 93.3 Å². The normalized spacial score (nSPS) is 11.4.